The molecule has 0 spiro atoms. The fraction of sp³-hybridized carbons (Fsp3) is 0.375. The molecule has 0 bridgehead atoms. The minimum Gasteiger partial charge on any atom is -0.353 e. The van der Waals surface area contributed by atoms with Gasteiger partial charge < -0.3 is 10.6 Å². The molecule has 0 saturated carbocycles. The number of amides is 2. The minimum atomic E-state index is -3.77. The van der Waals surface area contributed by atoms with Gasteiger partial charge in [0.05, 0.1) is 17.8 Å². The van der Waals surface area contributed by atoms with Crippen LogP contribution in [0.15, 0.2) is 36.4 Å². The van der Waals surface area contributed by atoms with Crippen LogP contribution >= 0.6 is 0 Å². The zero-order valence-corrected chi connectivity index (χ0v) is 21.2. The van der Waals surface area contributed by atoms with Gasteiger partial charge in [0.1, 0.15) is 17.7 Å². The summed E-state index contributed by atoms with van der Waals surface area (Å²) in [5.74, 6) is -2.58. The van der Waals surface area contributed by atoms with Gasteiger partial charge in [0, 0.05) is 18.0 Å². The largest absolute Gasteiger partial charge is 0.353 e. The van der Waals surface area contributed by atoms with Crippen LogP contribution in [-0.2, 0) is 21.4 Å². The van der Waals surface area contributed by atoms with Gasteiger partial charge >= 0.3 is 0 Å². The summed E-state index contributed by atoms with van der Waals surface area (Å²) in [7, 11) is -3.77. The van der Waals surface area contributed by atoms with E-state index in [1.54, 1.807) is 39.8 Å². The van der Waals surface area contributed by atoms with Gasteiger partial charge in [-0.3, -0.25) is 14.3 Å². The molecule has 0 aliphatic heterocycles. The first-order valence-corrected chi connectivity index (χ1v) is 12.9. The van der Waals surface area contributed by atoms with Crippen molar-refractivity contribution in [1.29, 1.82) is 0 Å². The fourth-order valence-corrected chi connectivity index (χ4v) is 4.03. The zero-order chi connectivity index (χ0) is 26.8. The van der Waals surface area contributed by atoms with Crippen LogP contribution in [-0.4, -0.2) is 48.4 Å². The van der Waals surface area contributed by atoms with E-state index in [-0.39, 0.29) is 18.8 Å². The average molecular weight is 522 g/mol. The summed E-state index contributed by atoms with van der Waals surface area (Å²) in [6.45, 7) is 6.72. The number of carbonyl (C=O) groups is 2. The van der Waals surface area contributed by atoms with Crippen molar-refractivity contribution in [2.75, 3.05) is 12.3 Å². The van der Waals surface area contributed by atoms with Crippen molar-refractivity contribution in [3.63, 3.8) is 0 Å². The Bertz CT molecular complexity index is 1400. The molecular formula is C24H29F2N5O4S. The highest BCUT2D eigenvalue weighted by molar-refractivity contribution is 7.89. The van der Waals surface area contributed by atoms with Crippen molar-refractivity contribution in [3.8, 4) is 0 Å². The number of hydrogen-bond acceptors (Lipinski definition) is 5. The number of primary sulfonamides is 1. The highest BCUT2D eigenvalue weighted by atomic mass is 32.2. The number of nitrogens with zero attached hydrogens (tertiary/aromatic N) is 2. The summed E-state index contributed by atoms with van der Waals surface area (Å²) in [6.07, 6.45) is 0. The Hall–Kier alpha value is -3.38. The number of rotatable bonds is 8. The second-order valence-electron chi connectivity index (χ2n) is 9.68. The van der Waals surface area contributed by atoms with Crippen LogP contribution < -0.4 is 15.8 Å². The first-order chi connectivity index (χ1) is 16.7. The quantitative estimate of drug-likeness (QED) is 0.418. The van der Waals surface area contributed by atoms with Gasteiger partial charge in [0.15, 0.2) is 5.69 Å². The highest BCUT2D eigenvalue weighted by Crippen LogP contribution is 2.25. The lowest BCUT2D eigenvalue weighted by atomic mass is 9.86. The lowest BCUT2D eigenvalue weighted by Gasteiger charge is -2.30. The second-order valence-corrected chi connectivity index (χ2v) is 11.4. The minimum absolute atomic E-state index is 0.0122. The van der Waals surface area contributed by atoms with Crippen molar-refractivity contribution in [1.82, 2.24) is 20.4 Å². The van der Waals surface area contributed by atoms with Gasteiger partial charge in [0.2, 0.25) is 15.9 Å². The lowest BCUT2D eigenvalue weighted by molar-refractivity contribution is -0.125. The summed E-state index contributed by atoms with van der Waals surface area (Å²) < 4.78 is 51.5. The van der Waals surface area contributed by atoms with Crippen LogP contribution in [0.3, 0.4) is 0 Å². The number of benzene rings is 2. The van der Waals surface area contributed by atoms with E-state index in [4.69, 9.17) is 5.14 Å². The number of aromatic nitrogens is 2. The van der Waals surface area contributed by atoms with E-state index in [0.717, 1.165) is 0 Å². The number of fused-ring (bicyclic) bond motifs is 1. The Balaban J connectivity index is 1.94. The molecule has 0 aliphatic carbocycles. The zero-order valence-electron chi connectivity index (χ0n) is 20.4. The molecule has 4 N–H and O–H groups in total. The molecule has 3 aromatic rings. The van der Waals surface area contributed by atoms with E-state index >= 15 is 0 Å². The van der Waals surface area contributed by atoms with Crippen LogP contribution in [0.1, 0.15) is 42.4 Å². The number of sulfonamides is 1. The molecule has 9 nitrogen and oxygen atoms in total. The standard InChI is InChI=1S/C24H29F2N5O4S/c1-14-11-17-19(12-18(14)26)31(13-15-5-7-16(25)8-6-15)30-20(17)22(32)29-21(24(2,3)4)23(33)28-9-10-36(27,34)35/h5-8,11-12,21H,9-10,13H2,1-4H3,(H,28,33)(H,29,32)(H2,27,34,35)/t21-/m1/s1. The van der Waals surface area contributed by atoms with E-state index in [0.29, 0.717) is 22.0 Å². The predicted octanol–water partition coefficient (Wildman–Crippen LogP) is 2.22. The number of aryl methyl sites for hydroxylation is 1. The van der Waals surface area contributed by atoms with Crippen LogP contribution in [0.4, 0.5) is 8.78 Å². The van der Waals surface area contributed by atoms with E-state index in [2.05, 4.69) is 15.7 Å². The first kappa shape index (κ1) is 27.2. The normalized spacial score (nSPS) is 13.0. The van der Waals surface area contributed by atoms with Crippen molar-refractivity contribution < 1.29 is 26.8 Å². The molecule has 36 heavy (non-hydrogen) atoms. The third kappa shape index (κ3) is 6.64. The molecule has 12 heteroatoms. The Morgan fingerprint density at radius 3 is 2.36 bits per heavy atom. The van der Waals surface area contributed by atoms with E-state index in [9.17, 15) is 26.8 Å². The van der Waals surface area contributed by atoms with E-state index < -0.39 is 50.7 Å². The van der Waals surface area contributed by atoms with Gasteiger partial charge in [-0.1, -0.05) is 32.9 Å². The number of nitrogens with one attached hydrogen (secondary N) is 2. The molecule has 194 valence electrons. The molecule has 1 atom stereocenters. The van der Waals surface area contributed by atoms with Gasteiger partial charge in [-0.05, 0) is 41.7 Å². The Morgan fingerprint density at radius 2 is 1.78 bits per heavy atom. The summed E-state index contributed by atoms with van der Waals surface area (Å²) in [5, 5.41) is 14.9. The van der Waals surface area contributed by atoms with Gasteiger partial charge in [-0.15, -0.1) is 0 Å². The second kappa shape index (κ2) is 10.3. The van der Waals surface area contributed by atoms with Crippen LogP contribution in [0.25, 0.3) is 10.9 Å². The van der Waals surface area contributed by atoms with Crippen molar-refractivity contribution in [2.24, 2.45) is 10.6 Å². The number of hydrogen-bond donors (Lipinski definition) is 3. The molecule has 0 aliphatic rings. The highest BCUT2D eigenvalue weighted by Gasteiger charge is 2.34. The Kier molecular flexibility index (Phi) is 7.79. The molecule has 2 amide bonds. The maximum atomic E-state index is 14.4. The summed E-state index contributed by atoms with van der Waals surface area (Å²) >= 11 is 0. The molecule has 0 unspecified atom stereocenters. The van der Waals surface area contributed by atoms with Gasteiger partial charge in [0.25, 0.3) is 5.91 Å². The van der Waals surface area contributed by atoms with Gasteiger partial charge in [-0.2, -0.15) is 5.10 Å². The third-order valence-electron chi connectivity index (χ3n) is 5.58. The molecule has 0 fully saturated rings. The topological polar surface area (TPSA) is 136 Å². The molecular weight excluding hydrogens is 492 g/mol. The molecule has 3 rings (SSSR count). The maximum Gasteiger partial charge on any atom is 0.273 e. The number of carbonyl (C=O) groups excluding carboxylic acids is 2. The van der Waals surface area contributed by atoms with Crippen molar-refractivity contribution in [2.45, 2.75) is 40.3 Å². The number of halogens is 2. The summed E-state index contributed by atoms with van der Waals surface area (Å²) in [4.78, 5) is 26.1. The molecule has 1 heterocycles. The molecule has 1 aromatic heterocycles. The fourth-order valence-electron chi connectivity index (χ4n) is 3.65. The average Bonchev–Trinajstić information content (AvgIpc) is 3.09. The van der Waals surface area contributed by atoms with E-state index in [1.165, 1.54) is 28.9 Å². The van der Waals surface area contributed by atoms with Crippen LogP contribution in [0.2, 0.25) is 0 Å². The van der Waals surface area contributed by atoms with E-state index in [1.807, 2.05) is 0 Å². The predicted molar refractivity (Wildman–Crippen MR) is 132 cm³/mol. The van der Waals surface area contributed by atoms with Crippen LogP contribution in [0, 0.1) is 24.0 Å². The summed E-state index contributed by atoms with van der Waals surface area (Å²) in [5.41, 5.74) is 0.608. The van der Waals surface area contributed by atoms with Gasteiger partial charge in [-0.25, -0.2) is 22.3 Å². The van der Waals surface area contributed by atoms with Crippen molar-refractivity contribution >= 4 is 32.7 Å². The lowest BCUT2D eigenvalue weighted by Crippen LogP contribution is -2.54. The Morgan fingerprint density at radius 1 is 1.14 bits per heavy atom. The molecule has 0 radical (unpaired) electrons. The molecule has 2 aromatic carbocycles. The third-order valence-corrected chi connectivity index (χ3v) is 6.35. The SMILES string of the molecule is Cc1cc2c(C(=O)N[C@H](C(=O)NCCS(N)(=O)=O)C(C)(C)C)nn(Cc3ccc(F)cc3)c2cc1F. The smallest absolute Gasteiger partial charge is 0.273 e. The molecule has 0 saturated heterocycles. The first-order valence-electron chi connectivity index (χ1n) is 11.2. The monoisotopic (exact) mass is 521 g/mol. The summed E-state index contributed by atoms with van der Waals surface area (Å²) in [6, 6.07) is 7.46. The maximum absolute atomic E-state index is 14.4. The van der Waals surface area contributed by atoms with Crippen molar-refractivity contribution in [3.05, 3.63) is 64.9 Å². The number of nitrogens with two attached hydrogens (primary N) is 1. The Labute approximate surface area is 208 Å². The van der Waals surface area contributed by atoms with Crippen LogP contribution in [0.5, 0.6) is 0 Å².